The number of hydrogen-bond acceptors (Lipinski definition) is 6. The van der Waals surface area contributed by atoms with Crippen LogP contribution in [-0.2, 0) is 4.79 Å². The van der Waals surface area contributed by atoms with E-state index in [0.29, 0.717) is 27.7 Å². The Bertz CT molecular complexity index is 1320. The van der Waals surface area contributed by atoms with Crippen LogP contribution in [0.3, 0.4) is 0 Å². The van der Waals surface area contributed by atoms with Crippen molar-refractivity contribution in [1.29, 1.82) is 0 Å². The van der Waals surface area contributed by atoms with Crippen LogP contribution in [0, 0.1) is 6.92 Å². The van der Waals surface area contributed by atoms with Gasteiger partial charge in [-0.3, -0.25) is 19.3 Å². The number of thioether (sulfide) groups is 1. The van der Waals surface area contributed by atoms with E-state index >= 15 is 0 Å². The second kappa shape index (κ2) is 9.09. The number of nitrogens with zero attached hydrogens (tertiary/aromatic N) is 1. The molecule has 0 unspecified atom stereocenters. The maximum Gasteiger partial charge on any atom is 0.335 e. The van der Waals surface area contributed by atoms with Gasteiger partial charge in [-0.1, -0.05) is 17.7 Å². The number of carbonyl (C=O) groups excluding carboxylic acids is 3. The highest BCUT2D eigenvalue weighted by Gasteiger charge is 2.36. The Morgan fingerprint density at radius 1 is 1.06 bits per heavy atom. The molecule has 2 aromatic carbocycles. The van der Waals surface area contributed by atoms with Crippen molar-refractivity contribution in [1.82, 2.24) is 4.90 Å². The zero-order valence-electron chi connectivity index (χ0n) is 17.2. The summed E-state index contributed by atoms with van der Waals surface area (Å²) in [5.74, 6) is -1.13. The molecule has 0 aliphatic carbocycles. The monoisotopic (exact) mass is 481 g/mol. The zero-order valence-corrected chi connectivity index (χ0v) is 18.8. The molecule has 0 saturated carbocycles. The smallest absolute Gasteiger partial charge is 0.335 e. The number of halogens is 1. The first-order chi connectivity index (χ1) is 15.7. The molecule has 1 aliphatic rings. The summed E-state index contributed by atoms with van der Waals surface area (Å²) < 4.78 is 5.79. The number of Topliss-reactive ketones (excluding diaryl/α,β-unsaturated/α-hetero) is 1. The molecular weight excluding hydrogens is 466 g/mol. The third kappa shape index (κ3) is 4.76. The number of amides is 2. The minimum atomic E-state index is -1.02. The minimum Gasteiger partial charge on any atom is -0.478 e. The number of rotatable bonds is 6. The average Bonchev–Trinajstić information content (AvgIpc) is 3.34. The number of ketones is 1. The number of carboxylic acids is 1. The van der Waals surface area contributed by atoms with Crippen molar-refractivity contribution in [3.8, 4) is 11.3 Å². The van der Waals surface area contributed by atoms with Gasteiger partial charge >= 0.3 is 5.97 Å². The lowest BCUT2D eigenvalue weighted by Crippen LogP contribution is -2.33. The average molecular weight is 482 g/mol. The minimum absolute atomic E-state index is 0.141. The molecule has 3 aromatic rings. The molecule has 1 N–H and O–H groups in total. The van der Waals surface area contributed by atoms with Crippen molar-refractivity contribution in [2.45, 2.75) is 6.92 Å². The summed E-state index contributed by atoms with van der Waals surface area (Å²) in [6.45, 7) is 1.40. The molecular formula is C24H16ClNO6S. The summed E-state index contributed by atoms with van der Waals surface area (Å²) in [4.78, 5) is 49.7. The first-order valence-electron chi connectivity index (χ1n) is 9.71. The highest BCUT2D eigenvalue weighted by Crippen LogP contribution is 2.34. The van der Waals surface area contributed by atoms with Crippen molar-refractivity contribution in [2.24, 2.45) is 0 Å². The molecule has 0 spiro atoms. The van der Waals surface area contributed by atoms with E-state index in [-0.39, 0.29) is 22.8 Å². The molecule has 4 rings (SSSR count). The van der Waals surface area contributed by atoms with Gasteiger partial charge in [0.05, 0.1) is 17.0 Å². The van der Waals surface area contributed by atoms with Crippen LogP contribution in [0.2, 0.25) is 5.02 Å². The molecule has 7 nitrogen and oxygen atoms in total. The maximum absolute atomic E-state index is 12.7. The van der Waals surface area contributed by atoms with Crippen LogP contribution >= 0.6 is 23.4 Å². The summed E-state index contributed by atoms with van der Waals surface area (Å²) in [6.07, 6.45) is 1.45. The predicted octanol–water partition coefficient (Wildman–Crippen LogP) is 5.53. The molecule has 1 fully saturated rings. The van der Waals surface area contributed by atoms with Gasteiger partial charge in [0.1, 0.15) is 11.5 Å². The molecule has 0 atom stereocenters. The Morgan fingerprint density at radius 2 is 1.76 bits per heavy atom. The van der Waals surface area contributed by atoms with Crippen molar-refractivity contribution < 1.29 is 28.7 Å². The lowest BCUT2D eigenvalue weighted by molar-refractivity contribution is -0.122. The number of carbonyl (C=O) groups is 4. The molecule has 2 heterocycles. The topological polar surface area (TPSA) is 105 Å². The lowest BCUT2D eigenvalue weighted by atomic mass is 10.0. The molecule has 0 radical (unpaired) electrons. The lowest BCUT2D eigenvalue weighted by Gasteiger charge is -2.11. The van der Waals surface area contributed by atoms with Gasteiger partial charge in [0.15, 0.2) is 5.78 Å². The zero-order chi connectivity index (χ0) is 23.7. The van der Waals surface area contributed by atoms with Gasteiger partial charge in [-0.15, -0.1) is 0 Å². The van der Waals surface area contributed by atoms with Crippen LogP contribution in [0.5, 0.6) is 0 Å². The van der Waals surface area contributed by atoms with E-state index in [0.717, 1.165) is 22.2 Å². The molecule has 1 aromatic heterocycles. The number of aromatic carboxylic acids is 1. The fourth-order valence-corrected chi connectivity index (χ4v) is 4.23. The first-order valence-corrected chi connectivity index (χ1v) is 10.9. The Kier molecular flexibility index (Phi) is 6.22. The van der Waals surface area contributed by atoms with Gasteiger partial charge in [-0.25, -0.2) is 4.79 Å². The highest BCUT2D eigenvalue weighted by atomic mass is 35.5. The summed E-state index contributed by atoms with van der Waals surface area (Å²) in [7, 11) is 0. The summed E-state index contributed by atoms with van der Waals surface area (Å²) in [5, 5.41) is 9.05. The van der Waals surface area contributed by atoms with Crippen molar-refractivity contribution in [3.63, 3.8) is 0 Å². The third-order valence-corrected chi connectivity index (χ3v) is 6.14. The Morgan fingerprint density at radius 3 is 2.42 bits per heavy atom. The molecule has 2 amide bonds. The third-order valence-electron chi connectivity index (χ3n) is 4.98. The number of carboxylic acid groups (broad SMARTS) is 1. The van der Waals surface area contributed by atoms with Crippen LogP contribution in [0.15, 0.2) is 63.9 Å². The van der Waals surface area contributed by atoms with Gasteiger partial charge in [0.2, 0.25) is 0 Å². The number of hydrogen-bond donors (Lipinski definition) is 1. The number of benzene rings is 2. The molecule has 1 saturated heterocycles. The Hall–Kier alpha value is -3.62. The van der Waals surface area contributed by atoms with Gasteiger partial charge < -0.3 is 9.52 Å². The Labute approximate surface area is 197 Å². The van der Waals surface area contributed by atoms with Crippen molar-refractivity contribution >= 4 is 52.3 Å². The first kappa shape index (κ1) is 22.6. The normalized spacial score (nSPS) is 14.8. The number of aryl methyl sites for hydroxylation is 1. The summed E-state index contributed by atoms with van der Waals surface area (Å²) >= 11 is 6.55. The SMILES string of the molecule is Cc1cc(C(=O)O)ccc1-c1ccc(/C=C2\SC(=O)N(CC(=O)c3ccc(Cl)cc3)C2=O)o1. The quantitative estimate of drug-likeness (QED) is 0.364. The molecule has 33 heavy (non-hydrogen) atoms. The van der Waals surface area contributed by atoms with Gasteiger partial charge in [-0.05, 0) is 72.8 Å². The van der Waals surface area contributed by atoms with E-state index in [2.05, 4.69) is 0 Å². The van der Waals surface area contributed by atoms with E-state index in [1.165, 1.54) is 24.3 Å². The summed E-state index contributed by atoms with van der Waals surface area (Å²) in [6, 6.07) is 14.2. The van der Waals surface area contributed by atoms with Crippen molar-refractivity contribution in [3.05, 3.63) is 87.0 Å². The molecule has 0 bridgehead atoms. The largest absolute Gasteiger partial charge is 0.478 e. The van der Waals surface area contributed by atoms with E-state index in [1.807, 2.05) is 0 Å². The van der Waals surface area contributed by atoms with Gasteiger partial charge in [0, 0.05) is 22.2 Å². The van der Waals surface area contributed by atoms with E-state index in [1.54, 1.807) is 43.3 Å². The number of furan rings is 1. The van der Waals surface area contributed by atoms with Gasteiger partial charge in [-0.2, -0.15) is 0 Å². The van der Waals surface area contributed by atoms with E-state index in [4.69, 9.17) is 21.1 Å². The standard InChI is InChI=1S/C24H16ClNO6S/c1-13-10-15(23(29)30)4-8-18(13)20-9-7-17(32-20)11-21-22(28)26(24(31)33-21)12-19(27)14-2-5-16(25)6-3-14/h2-11H,12H2,1H3,(H,29,30)/b21-11-. The van der Waals surface area contributed by atoms with Crippen LogP contribution in [0.4, 0.5) is 4.79 Å². The molecule has 1 aliphatic heterocycles. The van der Waals surface area contributed by atoms with Crippen LogP contribution in [0.1, 0.15) is 32.0 Å². The van der Waals surface area contributed by atoms with Crippen LogP contribution in [-0.4, -0.2) is 39.5 Å². The fraction of sp³-hybridized carbons (Fsp3) is 0.0833. The second-order valence-corrected chi connectivity index (χ2v) is 8.66. The Balaban J connectivity index is 1.51. The van der Waals surface area contributed by atoms with Gasteiger partial charge in [0.25, 0.3) is 11.1 Å². The number of imide groups is 1. The van der Waals surface area contributed by atoms with Crippen molar-refractivity contribution in [2.75, 3.05) is 6.54 Å². The predicted molar refractivity (Wildman–Crippen MR) is 124 cm³/mol. The summed E-state index contributed by atoms with van der Waals surface area (Å²) in [5.41, 5.74) is 1.95. The van der Waals surface area contributed by atoms with Crippen LogP contribution in [0.25, 0.3) is 17.4 Å². The second-order valence-electron chi connectivity index (χ2n) is 7.23. The maximum atomic E-state index is 12.7. The molecule has 166 valence electrons. The van der Waals surface area contributed by atoms with E-state index in [9.17, 15) is 19.2 Å². The fourth-order valence-electron chi connectivity index (χ4n) is 3.28. The van der Waals surface area contributed by atoms with E-state index < -0.39 is 17.1 Å². The molecule has 9 heteroatoms. The highest BCUT2D eigenvalue weighted by molar-refractivity contribution is 8.18. The van der Waals surface area contributed by atoms with Crippen LogP contribution < -0.4 is 0 Å².